The van der Waals surface area contributed by atoms with Gasteiger partial charge in [-0.05, 0) is 90.1 Å². The summed E-state index contributed by atoms with van der Waals surface area (Å²) in [5.41, 5.74) is 7.93. The van der Waals surface area contributed by atoms with Crippen LogP contribution in [0.2, 0.25) is 0 Å². The summed E-state index contributed by atoms with van der Waals surface area (Å²) in [4.78, 5) is 5.29. The van der Waals surface area contributed by atoms with Gasteiger partial charge in [0.05, 0.1) is 21.4 Å². The fourth-order valence-corrected chi connectivity index (χ4v) is 9.03. The van der Waals surface area contributed by atoms with Crippen LogP contribution in [0.25, 0.3) is 102 Å². The number of aromatic nitrogens is 2. The maximum absolute atomic E-state index is 5.29. The van der Waals surface area contributed by atoms with Crippen LogP contribution in [0.5, 0.6) is 0 Å². The fraction of sp³-hybridized carbons (Fsp3) is 0. The number of fused-ring (bicyclic) bond motifs is 14. The smallest absolute Gasteiger partial charge is 0.156 e. The first-order valence-electron chi connectivity index (χ1n) is 16.4. The first-order chi connectivity index (χ1) is 23.8. The Labute approximate surface area is 279 Å². The molecule has 0 unspecified atom stereocenters. The van der Waals surface area contributed by atoms with Crippen LogP contribution in [0.4, 0.5) is 0 Å². The van der Waals surface area contributed by atoms with Crippen molar-refractivity contribution < 1.29 is 0 Å². The second-order valence-electron chi connectivity index (χ2n) is 12.8. The van der Waals surface area contributed by atoms with Gasteiger partial charge in [0.2, 0.25) is 0 Å². The second-order valence-corrected chi connectivity index (χ2v) is 13.8. The van der Waals surface area contributed by atoms with E-state index in [1.807, 2.05) is 11.3 Å². The molecule has 0 bridgehead atoms. The lowest BCUT2D eigenvalue weighted by atomic mass is 9.92. The van der Waals surface area contributed by atoms with Gasteiger partial charge in [-0.25, -0.2) is 4.98 Å². The number of hydrogen-bond donors (Lipinski definition) is 0. The number of nitrogens with zero attached hydrogens (tertiary/aromatic N) is 2. The summed E-state index contributed by atoms with van der Waals surface area (Å²) in [6.45, 7) is 0. The largest absolute Gasteiger partial charge is 0.291 e. The summed E-state index contributed by atoms with van der Waals surface area (Å²) < 4.78 is 4.89. The Hall–Kier alpha value is -6.03. The number of rotatable bonds is 2. The average molecular weight is 627 g/mol. The normalized spacial score (nSPS) is 12.2. The van der Waals surface area contributed by atoms with Crippen molar-refractivity contribution in [3.8, 4) is 22.4 Å². The molecule has 0 amide bonds. The molecule has 11 aromatic rings. The van der Waals surface area contributed by atoms with Crippen LogP contribution in [0.1, 0.15) is 0 Å². The Balaban J connectivity index is 1.13. The molecule has 0 N–H and O–H groups in total. The lowest BCUT2D eigenvalue weighted by Gasteiger charge is -2.13. The first-order valence-corrected chi connectivity index (χ1v) is 17.2. The Kier molecular flexibility index (Phi) is 5.29. The van der Waals surface area contributed by atoms with E-state index >= 15 is 0 Å². The van der Waals surface area contributed by atoms with Crippen molar-refractivity contribution in [1.82, 2.24) is 9.38 Å². The molecule has 222 valence electrons. The molecule has 2 nitrogen and oxygen atoms in total. The Morgan fingerprint density at radius 1 is 0.417 bits per heavy atom. The highest BCUT2D eigenvalue weighted by Crippen LogP contribution is 2.42. The predicted molar refractivity (Wildman–Crippen MR) is 206 cm³/mol. The molecule has 0 saturated carbocycles. The van der Waals surface area contributed by atoms with Gasteiger partial charge < -0.3 is 0 Å². The Morgan fingerprint density at radius 2 is 0.979 bits per heavy atom. The molecule has 0 aliphatic heterocycles. The van der Waals surface area contributed by atoms with E-state index < -0.39 is 0 Å². The topological polar surface area (TPSA) is 17.3 Å². The van der Waals surface area contributed by atoms with Crippen LogP contribution in [-0.2, 0) is 0 Å². The Bertz CT molecular complexity index is 3070. The van der Waals surface area contributed by atoms with Gasteiger partial charge in [0, 0.05) is 15.5 Å². The van der Waals surface area contributed by atoms with E-state index in [1.165, 1.54) is 80.0 Å². The van der Waals surface area contributed by atoms with Crippen molar-refractivity contribution in [2.75, 3.05) is 0 Å². The molecule has 0 aliphatic rings. The van der Waals surface area contributed by atoms with E-state index in [-0.39, 0.29) is 0 Å². The van der Waals surface area contributed by atoms with Crippen LogP contribution in [0, 0.1) is 0 Å². The van der Waals surface area contributed by atoms with Crippen LogP contribution in [0.3, 0.4) is 0 Å². The second kappa shape index (κ2) is 9.74. The van der Waals surface area contributed by atoms with Crippen molar-refractivity contribution >= 4 is 91.3 Å². The van der Waals surface area contributed by atoms with Gasteiger partial charge in [-0.15, -0.1) is 11.3 Å². The van der Waals surface area contributed by atoms with Crippen molar-refractivity contribution in [3.05, 3.63) is 158 Å². The average Bonchev–Trinajstić information content (AvgIpc) is 3.72. The van der Waals surface area contributed by atoms with Crippen LogP contribution >= 0.6 is 11.3 Å². The molecule has 0 radical (unpaired) electrons. The van der Waals surface area contributed by atoms with Gasteiger partial charge >= 0.3 is 0 Å². The molecule has 0 atom stereocenters. The van der Waals surface area contributed by atoms with Gasteiger partial charge in [0.25, 0.3) is 0 Å². The number of imidazole rings is 1. The lowest BCUT2D eigenvalue weighted by molar-refractivity contribution is 1.25. The van der Waals surface area contributed by atoms with Crippen molar-refractivity contribution in [1.29, 1.82) is 0 Å². The molecule has 3 aromatic heterocycles. The summed E-state index contributed by atoms with van der Waals surface area (Å²) in [6, 6.07) is 57.8. The molecular formula is C45H26N2S. The van der Waals surface area contributed by atoms with Gasteiger partial charge in [-0.2, -0.15) is 0 Å². The van der Waals surface area contributed by atoms with Crippen LogP contribution < -0.4 is 0 Å². The van der Waals surface area contributed by atoms with Crippen molar-refractivity contribution in [3.63, 3.8) is 0 Å². The fourth-order valence-electron chi connectivity index (χ4n) is 7.87. The van der Waals surface area contributed by atoms with E-state index in [0.29, 0.717) is 0 Å². The van der Waals surface area contributed by atoms with Gasteiger partial charge in [0.1, 0.15) is 0 Å². The van der Waals surface area contributed by atoms with Gasteiger partial charge in [-0.3, -0.25) is 4.40 Å². The highest BCUT2D eigenvalue weighted by molar-refractivity contribution is 7.26. The van der Waals surface area contributed by atoms with Crippen molar-refractivity contribution in [2.45, 2.75) is 0 Å². The molecular weight excluding hydrogens is 601 g/mol. The highest BCUT2D eigenvalue weighted by Gasteiger charge is 2.18. The first kappa shape index (κ1) is 26.1. The summed E-state index contributed by atoms with van der Waals surface area (Å²) >= 11 is 1.83. The zero-order chi connectivity index (χ0) is 31.3. The molecule has 3 heteroatoms. The maximum atomic E-state index is 5.29. The SMILES string of the molecule is c1ccc2cc3c(cc2c1)nc1c2sc4ccccc4c2cc(-c2ccc(-c4ccc5c6ccccc6c6ccccc6c5c4)cc2)n31. The molecule has 0 spiro atoms. The summed E-state index contributed by atoms with van der Waals surface area (Å²) in [6.07, 6.45) is 0. The van der Waals surface area contributed by atoms with E-state index in [9.17, 15) is 0 Å². The molecule has 48 heavy (non-hydrogen) atoms. The summed E-state index contributed by atoms with van der Waals surface area (Å²) in [5.74, 6) is 0. The van der Waals surface area contributed by atoms with Gasteiger partial charge in [0.15, 0.2) is 5.65 Å². The molecule has 8 aromatic carbocycles. The van der Waals surface area contributed by atoms with Gasteiger partial charge in [-0.1, -0.05) is 127 Å². The summed E-state index contributed by atoms with van der Waals surface area (Å²) in [5, 5.41) is 12.8. The summed E-state index contributed by atoms with van der Waals surface area (Å²) in [7, 11) is 0. The maximum Gasteiger partial charge on any atom is 0.156 e. The third-order valence-corrected chi connectivity index (χ3v) is 11.3. The van der Waals surface area contributed by atoms with Crippen LogP contribution in [0.15, 0.2) is 158 Å². The third-order valence-electron chi connectivity index (χ3n) is 10.1. The molecule has 11 rings (SSSR count). The van der Waals surface area contributed by atoms with Crippen molar-refractivity contribution in [2.24, 2.45) is 0 Å². The predicted octanol–water partition coefficient (Wildman–Crippen LogP) is 12.8. The number of hydrogen-bond acceptors (Lipinski definition) is 2. The molecule has 0 saturated heterocycles. The van der Waals surface area contributed by atoms with E-state index in [2.05, 4.69) is 162 Å². The monoisotopic (exact) mass is 626 g/mol. The number of benzene rings is 8. The number of thiophene rings is 1. The minimum Gasteiger partial charge on any atom is -0.291 e. The van der Waals surface area contributed by atoms with Crippen LogP contribution in [-0.4, -0.2) is 9.38 Å². The molecule has 3 heterocycles. The highest BCUT2D eigenvalue weighted by atomic mass is 32.1. The quantitative estimate of drug-likeness (QED) is 0.175. The molecule has 0 aliphatic carbocycles. The lowest BCUT2D eigenvalue weighted by Crippen LogP contribution is -1.93. The standard InChI is InChI=1S/C45H26N2S/c1-2-10-30-25-42-40(24-29(30)9-1)46-45-44-39(37-15-7-8-16-43(37)48-44)26-41(47(42)45)28-19-17-27(18-20-28)31-21-22-36-34-13-4-3-11-32(34)33-12-5-6-14-35(33)38(36)23-31/h1-26H. The minimum atomic E-state index is 1.02. The van der Waals surface area contributed by atoms with E-state index in [1.54, 1.807) is 0 Å². The van der Waals surface area contributed by atoms with E-state index in [4.69, 9.17) is 4.98 Å². The minimum absolute atomic E-state index is 1.02. The van der Waals surface area contributed by atoms with E-state index in [0.717, 1.165) is 22.4 Å². The third kappa shape index (κ3) is 3.65. The zero-order valence-corrected chi connectivity index (χ0v) is 26.6. The Morgan fingerprint density at radius 3 is 1.71 bits per heavy atom. The number of pyridine rings is 1. The molecule has 0 fully saturated rings. The zero-order valence-electron chi connectivity index (χ0n) is 25.8.